The number of halogens is 1. The number of hydrogen-bond donors (Lipinski definition) is 1. The minimum absolute atomic E-state index is 0.407. The van der Waals surface area contributed by atoms with Crippen LogP contribution in [0.2, 0.25) is 5.15 Å². The number of methoxy groups -OCH3 is 1. The number of ether oxygens (including phenoxy) is 1. The summed E-state index contributed by atoms with van der Waals surface area (Å²) in [5.74, 6) is 0.486. The SMILES string of the molecule is COc1nc(Cl)ccc1C(C)(C)N. The Labute approximate surface area is 82.9 Å². The first-order chi connectivity index (χ1) is 5.95. The van der Waals surface area contributed by atoms with E-state index in [9.17, 15) is 0 Å². The van der Waals surface area contributed by atoms with E-state index in [1.54, 1.807) is 13.2 Å². The van der Waals surface area contributed by atoms with Crippen molar-refractivity contribution in [1.29, 1.82) is 0 Å². The third-order valence-corrected chi connectivity index (χ3v) is 1.92. The highest BCUT2D eigenvalue weighted by Crippen LogP contribution is 2.26. The van der Waals surface area contributed by atoms with Gasteiger partial charge in [0.2, 0.25) is 5.88 Å². The molecule has 72 valence electrons. The molecular formula is C9H13ClN2O. The Hall–Kier alpha value is -0.800. The Morgan fingerprint density at radius 3 is 2.54 bits per heavy atom. The molecule has 0 amide bonds. The summed E-state index contributed by atoms with van der Waals surface area (Å²) < 4.78 is 5.08. The van der Waals surface area contributed by atoms with Gasteiger partial charge in [0.15, 0.2) is 0 Å². The summed E-state index contributed by atoms with van der Waals surface area (Å²) in [4.78, 5) is 4.02. The van der Waals surface area contributed by atoms with Crippen LogP contribution in [0.5, 0.6) is 5.88 Å². The van der Waals surface area contributed by atoms with Crippen LogP contribution in [0.1, 0.15) is 19.4 Å². The van der Waals surface area contributed by atoms with Crippen molar-refractivity contribution in [3.8, 4) is 5.88 Å². The van der Waals surface area contributed by atoms with Crippen LogP contribution in [-0.4, -0.2) is 12.1 Å². The van der Waals surface area contributed by atoms with Crippen LogP contribution in [0, 0.1) is 0 Å². The zero-order valence-corrected chi connectivity index (χ0v) is 8.72. The lowest BCUT2D eigenvalue weighted by atomic mass is 9.97. The van der Waals surface area contributed by atoms with E-state index in [0.29, 0.717) is 11.0 Å². The van der Waals surface area contributed by atoms with E-state index >= 15 is 0 Å². The summed E-state index contributed by atoms with van der Waals surface area (Å²) in [7, 11) is 1.55. The smallest absolute Gasteiger partial charge is 0.219 e. The quantitative estimate of drug-likeness (QED) is 0.743. The maximum absolute atomic E-state index is 5.92. The van der Waals surface area contributed by atoms with E-state index in [1.807, 2.05) is 19.9 Å². The fraction of sp³-hybridized carbons (Fsp3) is 0.444. The van der Waals surface area contributed by atoms with Crippen LogP contribution in [0.15, 0.2) is 12.1 Å². The second kappa shape index (κ2) is 3.52. The molecular weight excluding hydrogens is 188 g/mol. The van der Waals surface area contributed by atoms with Crippen molar-refractivity contribution in [3.63, 3.8) is 0 Å². The first kappa shape index (κ1) is 10.3. The van der Waals surface area contributed by atoms with Gasteiger partial charge in [0, 0.05) is 11.1 Å². The van der Waals surface area contributed by atoms with Gasteiger partial charge in [-0.15, -0.1) is 0 Å². The minimum atomic E-state index is -0.469. The number of rotatable bonds is 2. The Bertz CT molecular complexity index is 307. The molecule has 0 saturated carbocycles. The molecule has 0 radical (unpaired) electrons. The fourth-order valence-electron chi connectivity index (χ4n) is 1.06. The molecule has 0 saturated heterocycles. The van der Waals surface area contributed by atoms with Crippen LogP contribution in [0.25, 0.3) is 0 Å². The third-order valence-electron chi connectivity index (χ3n) is 1.71. The van der Waals surface area contributed by atoms with Gasteiger partial charge in [-0.1, -0.05) is 11.6 Å². The van der Waals surface area contributed by atoms with Gasteiger partial charge in [-0.25, -0.2) is 4.98 Å². The summed E-state index contributed by atoms with van der Waals surface area (Å²) in [5.41, 5.74) is 6.30. The maximum atomic E-state index is 5.92. The molecule has 1 rings (SSSR count). The van der Waals surface area contributed by atoms with Gasteiger partial charge in [-0.3, -0.25) is 0 Å². The zero-order chi connectivity index (χ0) is 10.1. The number of nitrogens with zero attached hydrogens (tertiary/aromatic N) is 1. The summed E-state index contributed by atoms with van der Waals surface area (Å²) in [5, 5.41) is 0.407. The van der Waals surface area contributed by atoms with Crippen molar-refractivity contribution in [2.24, 2.45) is 5.73 Å². The Morgan fingerprint density at radius 2 is 2.08 bits per heavy atom. The number of pyridine rings is 1. The first-order valence-corrected chi connectivity index (χ1v) is 4.33. The number of nitrogens with two attached hydrogens (primary N) is 1. The standard InChI is InChI=1S/C9H13ClN2O/c1-9(2,11)6-4-5-7(10)12-8(6)13-3/h4-5H,11H2,1-3H3. The Morgan fingerprint density at radius 1 is 1.46 bits per heavy atom. The second-order valence-corrected chi connectivity index (χ2v) is 3.80. The van der Waals surface area contributed by atoms with Crippen LogP contribution in [0.4, 0.5) is 0 Å². The highest BCUT2D eigenvalue weighted by Gasteiger charge is 2.20. The summed E-state index contributed by atoms with van der Waals surface area (Å²) in [6.07, 6.45) is 0. The second-order valence-electron chi connectivity index (χ2n) is 3.41. The van der Waals surface area contributed by atoms with Crippen LogP contribution in [0.3, 0.4) is 0 Å². The van der Waals surface area contributed by atoms with Gasteiger partial charge in [-0.05, 0) is 26.0 Å². The molecule has 0 fully saturated rings. The summed E-state index contributed by atoms with van der Waals surface area (Å²) in [6, 6.07) is 3.53. The summed E-state index contributed by atoms with van der Waals surface area (Å²) >= 11 is 5.71. The minimum Gasteiger partial charge on any atom is -0.481 e. The molecule has 2 N–H and O–H groups in total. The molecule has 1 aromatic heterocycles. The molecule has 0 unspecified atom stereocenters. The Balaban J connectivity index is 3.22. The Kier molecular flexibility index (Phi) is 2.78. The monoisotopic (exact) mass is 200 g/mol. The van der Waals surface area contributed by atoms with Gasteiger partial charge >= 0.3 is 0 Å². The van der Waals surface area contributed by atoms with Crippen molar-refractivity contribution < 1.29 is 4.74 Å². The molecule has 1 heterocycles. The van der Waals surface area contributed by atoms with Crippen molar-refractivity contribution in [2.75, 3.05) is 7.11 Å². The molecule has 0 spiro atoms. The van der Waals surface area contributed by atoms with Crippen molar-refractivity contribution in [2.45, 2.75) is 19.4 Å². The largest absolute Gasteiger partial charge is 0.481 e. The van der Waals surface area contributed by atoms with E-state index in [0.717, 1.165) is 5.56 Å². The molecule has 13 heavy (non-hydrogen) atoms. The number of hydrogen-bond acceptors (Lipinski definition) is 3. The predicted molar refractivity (Wildman–Crippen MR) is 53.0 cm³/mol. The highest BCUT2D eigenvalue weighted by atomic mass is 35.5. The molecule has 3 nitrogen and oxygen atoms in total. The van der Waals surface area contributed by atoms with E-state index in [1.165, 1.54) is 0 Å². The van der Waals surface area contributed by atoms with Gasteiger partial charge in [0.25, 0.3) is 0 Å². The zero-order valence-electron chi connectivity index (χ0n) is 7.97. The maximum Gasteiger partial charge on any atom is 0.219 e. The van der Waals surface area contributed by atoms with Crippen molar-refractivity contribution >= 4 is 11.6 Å². The molecule has 0 aliphatic heterocycles. The van der Waals surface area contributed by atoms with Gasteiger partial charge in [0.05, 0.1) is 7.11 Å². The molecule has 0 aliphatic carbocycles. The molecule has 0 aliphatic rings. The molecule has 4 heteroatoms. The van der Waals surface area contributed by atoms with Gasteiger partial charge < -0.3 is 10.5 Å². The van der Waals surface area contributed by atoms with E-state index in [4.69, 9.17) is 22.1 Å². The van der Waals surface area contributed by atoms with Crippen LogP contribution >= 0.6 is 11.6 Å². The lowest BCUT2D eigenvalue weighted by molar-refractivity contribution is 0.378. The molecule has 0 aromatic carbocycles. The number of aromatic nitrogens is 1. The fourth-order valence-corrected chi connectivity index (χ4v) is 1.20. The topological polar surface area (TPSA) is 48.1 Å². The van der Waals surface area contributed by atoms with E-state index < -0.39 is 5.54 Å². The first-order valence-electron chi connectivity index (χ1n) is 3.95. The molecule has 1 aromatic rings. The van der Waals surface area contributed by atoms with E-state index in [2.05, 4.69) is 4.98 Å². The van der Waals surface area contributed by atoms with Crippen LogP contribution in [-0.2, 0) is 5.54 Å². The van der Waals surface area contributed by atoms with Gasteiger partial charge in [-0.2, -0.15) is 0 Å². The summed E-state index contributed by atoms with van der Waals surface area (Å²) in [6.45, 7) is 3.78. The van der Waals surface area contributed by atoms with Gasteiger partial charge in [0.1, 0.15) is 5.15 Å². The van der Waals surface area contributed by atoms with Crippen LogP contribution < -0.4 is 10.5 Å². The lowest BCUT2D eigenvalue weighted by Crippen LogP contribution is -2.29. The highest BCUT2D eigenvalue weighted by molar-refractivity contribution is 6.29. The third kappa shape index (κ3) is 2.32. The average molecular weight is 201 g/mol. The predicted octanol–water partition coefficient (Wildman–Crippen LogP) is 1.94. The molecule has 0 bridgehead atoms. The molecule has 0 atom stereocenters. The van der Waals surface area contributed by atoms with Crippen molar-refractivity contribution in [1.82, 2.24) is 4.98 Å². The average Bonchev–Trinajstić information content (AvgIpc) is 2.01. The normalized spacial score (nSPS) is 11.5. The van der Waals surface area contributed by atoms with E-state index in [-0.39, 0.29) is 0 Å². The van der Waals surface area contributed by atoms with Crippen molar-refractivity contribution in [3.05, 3.63) is 22.8 Å². The lowest BCUT2D eigenvalue weighted by Gasteiger charge is -2.20.